The number of rotatable bonds is 41. The molecule has 0 saturated carbocycles. The van der Waals surface area contributed by atoms with E-state index in [1.165, 1.54) is 25.7 Å². The Balaban J connectivity index is 4.62. The van der Waals surface area contributed by atoms with E-state index in [0.29, 0.717) is 19.3 Å². The second-order valence-corrected chi connectivity index (χ2v) is 15.4. The van der Waals surface area contributed by atoms with E-state index in [2.05, 4.69) is 112 Å². The number of hydrogen-bond donors (Lipinski definition) is 0. The molecule has 63 heavy (non-hydrogen) atoms. The minimum absolute atomic E-state index is 0.130. The van der Waals surface area contributed by atoms with Crippen molar-refractivity contribution in [2.24, 2.45) is 0 Å². The van der Waals surface area contributed by atoms with E-state index in [-0.39, 0.29) is 44.0 Å². The first kappa shape index (κ1) is 58.3. The van der Waals surface area contributed by atoms with Crippen LogP contribution in [0.1, 0.15) is 175 Å². The monoisotopic (exact) mass is 867 g/mol. The first-order chi connectivity index (χ1) is 31.0. The molecule has 0 bridgehead atoms. The van der Waals surface area contributed by atoms with Gasteiger partial charge in [0, 0.05) is 19.3 Å². The maximum Gasteiger partial charge on any atom is 0.306 e. The molecule has 0 aromatic rings. The molecule has 350 valence electrons. The highest BCUT2D eigenvalue weighted by Crippen LogP contribution is 2.11. The van der Waals surface area contributed by atoms with Crippen molar-refractivity contribution < 1.29 is 28.6 Å². The molecule has 0 aromatic carbocycles. The van der Waals surface area contributed by atoms with Crippen molar-refractivity contribution in [1.82, 2.24) is 0 Å². The predicted octanol–water partition coefficient (Wildman–Crippen LogP) is 16.1. The molecule has 0 spiro atoms. The third-order valence-electron chi connectivity index (χ3n) is 9.50. The average Bonchev–Trinajstić information content (AvgIpc) is 3.28. The zero-order valence-electron chi connectivity index (χ0n) is 39.8. The number of ether oxygens (including phenoxy) is 3. The molecule has 0 aliphatic rings. The second-order valence-electron chi connectivity index (χ2n) is 15.4. The van der Waals surface area contributed by atoms with Crippen molar-refractivity contribution in [1.29, 1.82) is 0 Å². The summed E-state index contributed by atoms with van der Waals surface area (Å²) >= 11 is 0. The Morgan fingerprint density at radius 3 is 1.19 bits per heavy atom. The molecular weight excluding hydrogens is 781 g/mol. The molecule has 0 aliphatic carbocycles. The molecule has 0 rings (SSSR count). The zero-order valence-corrected chi connectivity index (χ0v) is 39.8. The van der Waals surface area contributed by atoms with E-state index in [0.717, 1.165) is 96.3 Å². The fourth-order valence-electron chi connectivity index (χ4n) is 5.86. The van der Waals surface area contributed by atoms with E-state index >= 15 is 0 Å². The van der Waals surface area contributed by atoms with E-state index in [4.69, 9.17) is 14.2 Å². The van der Waals surface area contributed by atoms with Crippen molar-refractivity contribution >= 4 is 17.9 Å². The van der Waals surface area contributed by atoms with Crippen LogP contribution in [-0.2, 0) is 28.6 Å². The molecule has 0 saturated heterocycles. The quantitative estimate of drug-likeness (QED) is 0.0200. The number of unbranched alkanes of at least 4 members (excludes halogenated alkanes) is 12. The van der Waals surface area contributed by atoms with Crippen LogP contribution in [0.4, 0.5) is 0 Å². The van der Waals surface area contributed by atoms with Crippen LogP contribution in [0.25, 0.3) is 0 Å². The Hall–Kier alpha value is -4.71. The highest BCUT2D eigenvalue weighted by molar-refractivity contribution is 5.71. The molecule has 6 heteroatoms. The summed E-state index contributed by atoms with van der Waals surface area (Å²) in [5, 5.41) is 0. The van der Waals surface area contributed by atoms with Gasteiger partial charge in [-0.2, -0.15) is 0 Å². The normalized spacial score (nSPS) is 13.4. The van der Waals surface area contributed by atoms with Crippen molar-refractivity contribution in [3.05, 3.63) is 146 Å². The first-order valence-corrected chi connectivity index (χ1v) is 24.4. The van der Waals surface area contributed by atoms with Crippen LogP contribution in [-0.4, -0.2) is 37.2 Å². The highest BCUT2D eigenvalue weighted by atomic mass is 16.6. The van der Waals surface area contributed by atoms with Gasteiger partial charge in [-0.25, -0.2) is 0 Å². The van der Waals surface area contributed by atoms with Gasteiger partial charge in [-0.1, -0.05) is 205 Å². The Bertz CT molecular complexity index is 1460. The van der Waals surface area contributed by atoms with E-state index in [9.17, 15) is 14.4 Å². The molecule has 0 aromatic heterocycles. The molecule has 0 fully saturated rings. The third kappa shape index (κ3) is 48.2. The summed E-state index contributed by atoms with van der Waals surface area (Å²) < 4.78 is 16.7. The topological polar surface area (TPSA) is 78.9 Å². The summed E-state index contributed by atoms with van der Waals surface area (Å²) in [6.45, 7) is 6.19. The summed E-state index contributed by atoms with van der Waals surface area (Å²) in [5.74, 6) is -1.06. The lowest BCUT2D eigenvalue weighted by atomic mass is 10.1. The average molecular weight is 867 g/mol. The molecule has 1 atom stereocenters. The van der Waals surface area contributed by atoms with Gasteiger partial charge in [0.15, 0.2) is 6.10 Å². The fraction of sp³-hybridized carbons (Fsp3) is 0.526. The van der Waals surface area contributed by atoms with Crippen LogP contribution < -0.4 is 0 Å². The molecule has 0 amide bonds. The first-order valence-electron chi connectivity index (χ1n) is 24.4. The van der Waals surface area contributed by atoms with Crippen molar-refractivity contribution in [2.75, 3.05) is 13.2 Å². The number of carbonyl (C=O) groups excluding carboxylic acids is 3. The lowest BCUT2D eigenvalue weighted by molar-refractivity contribution is -0.167. The van der Waals surface area contributed by atoms with Crippen LogP contribution in [0.5, 0.6) is 0 Å². The van der Waals surface area contributed by atoms with Crippen molar-refractivity contribution in [2.45, 2.75) is 181 Å². The predicted molar refractivity (Wildman–Crippen MR) is 269 cm³/mol. The van der Waals surface area contributed by atoms with Gasteiger partial charge < -0.3 is 14.2 Å². The minimum atomic E-state index is -0.837. The smallest absolute Gasteiger partial charge is 0.306 e. The van der Waals surface area contributed by atoms with E-state index < -0.39 is 6.10 Å². The number of esters is 3. The lowest BCUT2D eigenvalue weighted by Crippen LogP contribution is -2.30. The molecule has 0 N–H and O–H groups in total. The molecule has 1 unspecified atom stereocenters. The Morgan fingerprint density at radius 2 is 0.698 bits per heavy atom. The Morgan fingerprint density at radius 1 is 0.349 bits per heavy atom. The minimum Gasteiger partial charge on any atom is -0.462 e. The lowest BCUT2D eigenvalue weighted by Gasteiger charge is -2.18. The van der Waals surface area contributed by atoms with Gasteiger partial charge in [0.1, 0.15) is 13.2 Å². The van der Waals surface area contributed by atoms with Gasteiger partial charge in [-0.3, -0.25) is 14.4 Å². The molecule has 0 aliphatic heterocycles. The summed E-state index contributed by atoms with van der Waals surface area (Å²) in [7, 11) is 0. The van der Waals surface area contributed by atoms with E-state index in [1.807, 2.05) is 54.7 Å². The molecular formula is C57H86O6. The Kier molecular flexibility index (Phi) is 46.2. The zero-order chi connectivity index (χ0) is 45.8. The van der Waals surface area contributed by atoms with Crippen LogP contribution in [0.15, 0.2) is 146 Å². The Labute approximate surface area is 385 Å². The van der Waals surface area contributed by atoms with Gasteiger partial charge in [-0.05, 0) is 96.3 Å². The number of allylic oxidation sites excluding steroid dienone is 24. The summed E-state index contributed by atoms with van der Waals surface area (Å²) in [4.78, 5) is 37.9. The summed E-state index contributed by atoms with van der Waals surface area (Å²) in [6.07, 6.45) is 71.2. The third-order valence-corrected chi connectivity index (χ3v) is 9.50. The molecule has 6 nitrogen and oxygen atoms in total. The van der Waals surface area contributed by atoms with Crippen LogP contribution in [0.3, 0.4) is 0 Å². The van der Waals surface area contributed by atoms with Gasteiger partial charge in [0.2, 0.25) is 0 Å². The fourth-order valence-corrected chi connectivity index (χ4v) is 5.86. The highest BCUT2D eigenvalue weighted by Gasteiger charge is 2.19. The maximum atomic E-state index is 12.8. The molecule has 0 radical (unpaired) electrons. The van der Waals surface area contributed by atoms with Crippen LogP contribution in [0.2, 0.25) is 0 Å². The summed E-state index contributed by atoms with van der Waals surface area (Å²) in [5.41, 5.74) is 0. The van der Waals surface area contributed by atoms with Crippen LogP contribution in [0, 0.1) is 0 Å². The van der Waals surface area contributed by atoms with Crippen molar-refractivity contribution in [3.63, 3.8) is 0 Å². The van der Waals surface area contributed by atoms with Crippen LogP contribution >= 0.6 is 0 Å². The number of hydrogen-bond acceptors (Lipinski definition) is 6. The van der Waals surface area contributed by atoms with Crippen molar-refractivity contribution in [3.8, 4) is 0 Å². The SMILES string of the molecule is CC\C=C/C=C\C=C/C=C\C=C/CCCCCC(=O)OC(COC(=O)CCC/C=C\C/C=C\C/C=C\C/C=C\CCCCC)COC(=O)CCCCCCC\C=C/C=C\C=C/CC. The van der Waals surface area contributed by atoms with Gasteiger partial charge in [0.05, 0.1) is 0 Å². The second kappa shape index (κ2) is 49.9. The van der Waals surface area contributed by atoms with E-state index in [1.54, 1.807) is 0 Å². The number of carbonyl (C=O) groups is 3. The van der Waals surface area contributed by atoms with Gasteiger partial charge in [0.25, 0.3) is 0 Å². The van der Waals surface area contributed by atoms with Gasteiger partial charge >= 0.3 is 17.9 Å². The maximum absolute atomic E-state index is 12.8. The largest absolute Gasteiger partial charge is 0.462 e. The molecule has 0 heterocycles. The summed E-state index contributed by atoms with van der Waals surface area (Å²) in [6, 6.07) is 0. The standard InChI is InChI=1S/C57H86O6/c1-4-7-10-13-16-19-22-25-27-28-30-32-35-38-41-44-47-50-56(59)62-53-54(52-61-55(58)49-46-43-40-37-34-31-24-21-18-15-12-9-6-3)63-57(60)51-48-45-42-39-36-33-29-26-23-20-17-14-11-8-5-2/h8-9,11-12,14-21,23-27,29-30,32-33,36,38,41,54H,4-7,10,13,22,28,31,34-35,37,39-40,42-53H2,1-3H3/b11-8-,12-9-,17-14-,18-15-,19-16-,23-20-,24-21-,27-25-,29-26-,32-30-,36-33-,41-38-. The van der Waals surface area contributed by atoms with Gasteiger partial charge in [-0.15, -0.1) is 0 Å².